The van der Waals surface area contributed by atoms with E-state index < -0.39 is 0 Å². The van der Waals surface area contributed by atoms with Crippen molar-refractivity contribution in [3.8, 4) is 11.5 Å². The van der Waals surface area contributed by atoms with E-state index in [2.05, 4.69) is 5.32 Å². The lowest BCUT2D eigenvalue weighted by Crippen LogP contribution is -2.34. The summed E-state index contributed by atoms with van der Waals surface area (Å²) in [5.41, 5.74) is 1.68. The molecular weight excluding hydrogens is 311 g/mol. The summed E-state index contributed by atoms with van der Waals surface area (Å²) in [4.78, 5) is 13.8. The fraction of sp³-hybridized carbons (Fsp3) is 0.278. The number of nitrogens with zero attached hydrogens (tertiary/aromatic N) is 1. The van der Waals surface area contributed by atoms with Crippen LogP contribution < -0.4 is 19.7 Å². The lowest BCUT2D eigenvalue weighted by Gasteiger charge is -2.18. The van der Waals surface area contributed by atoms with Crippen LogP contribution in [-0.2, 0) is 11.3 Å². The molecule has 0 fully saturated rings. The number of likely N-dealkylation sites (N-methyl/N-ethyl adjacent to an activating group) is 1. The number of hydrogen-bond acceptors (Lipinski definition) is 4. The van der Waals surface area contributed by atoms with E-state index >= 15 is 0 Å². The molecule has 0 aliphatic rings. The molecule has 0 saturated carbocycles. The molecule has 0 bridgehead atoms. The van der Waals surface area contributed by atoms with E-state index in [4.69, 9.17) is 9.47 Å². The van der Waals surface area contributed by atoms with Crippen molar-refractivity contribution < 1.29 is 18.7 Å². The van der Waals surface area contributed by atoms with Gasteiger partial charge in [-0.2, -0.15) is 0 Å². The van der Waals surface area contributed by atoms with Gasteiger partial charge in [0.2, 0.25) is 5.91 Å². The van der Waals surface area contributed by atoms with Crippen LogP contribution in [-0.4, -0.2) is 33.7 Å². The van der Waals surface area contributed by atoms with Gasteiger partial charge in [0, 0.05) is 19.3 Å². The van der Waals surface area contributed by atoms with Crippen LogP contribution in [0, 0.1) is 5.82 Å². The first kappa shape index (κ1) is 17.6. The average Bonchev–Trinajstić information content (AvgIpc) is 2.60. The molecule has 2 rings (SSSR count). The monoisotopic (exact) mass is 332 g/mol. The Hall–Kier alpha value is -2.76. The Bertz CT molecular complexity index is 689. The first-order valence-corrected chi connectivity index (χ1v) is 7.47. The molecule has 0 aromatic heterocycles. The minimum absolute atomic E-state index is 0.128. The highest BCUT2D eigenvalue weighted by molar-refractivity contribution is 5.81. The van der Waals surface area contributed by atoms with E-state index in [-0.39, 0.29) is 18.3 Å². The molecule has 0 spiro atoms. The van der Waals surface area contributed by atoms with Crippen molar-refractivity contribution in [3.05, 3.63) is 53.8 Å². The Morgan fingerprint density at radius 3 is 2.38 bits per heavy atom. The third kappa shape index (κ3) is 4.62. The van der Waals surface area contributed by atoms with E-state index in [9.17, 15) is 9.18 Å². The van der Waals surface area contributed by atoms with Crippen molar-refractivity contribution >= 4 is 11.6 Å². The summed E-state index contributed by atoms with van der Waals surface area (Å²) < 4.78 is 23.3. The second-order valence-corrected chi connectivity index (χ2v) is 5.30. The molecule has 0 aliphatic heterocycles. The molecule has 0 heterocycles. The quantitative estimate of drug-likeness (QED) is 0.847. The van der Waals surface area contributed by atoms with Crippen molar-refractivity contribution in [2.24, 2.45) is 0 Å². The van der Waals surface area contributed by atoms with E-state index in [0.29, 0.717) is 18.0 Å². The van der Waals surface area contributed by atoms with Crippen LogP contribution in [0.15, 0.2) is 42.5 Å². The number of halogens is 1. The summed E-state index contributed by atoms with van der Waals surface area (Å²) in [7, 11) is 4.92. The van der Waals surface area contributed by atoms with Gasteiger partial charge in [-0.1, -0.05) is 6.07 Å². The molecule has 0 unspecified atom stereocenters. The molecule has 1 N–H and O–H groups in total. The van der Waals surface area contributed by atoms with Gasteiger partial charge >= 0.3 is 0 Å². The highest BCUT2D eigenvalue weighted by atomic mass is 19.1. The first-order valence-electron chi connectivity index (χ1n) is 7.47. The van der Waals surface area contributed by atoms with E-state index in [0.717, 1.165) is 11.3 Å². The molecule has 1 amide bonds. The number of benzene rings is 2. The Balaban J connectivity index is 1.90. The number of amides is 1. The van der Waals surface area contributed by atoms with Gasteiger partial charge in [0.15, 0.2) is 11.5 Å². The van der Waals surface area contributed by atoms with Crippen LogP contribution in [0.1, 0.15) is 5.56 Å². The zero-order valence-corrected chi connectivity index (χ0v) is 14.0. The molecule has 128 valence electrons. The van der Waals surface area contributed by atoms with E-state index in [1.165, 1.54) is 12.1 Å². The fourth-order valence-electron chi connectivity index (χ4n) is 2.25. The number of carbonyl (C=O) groups excluding carboxylic acids is 1. The van der Waals surface area contributed by atoms with Crippen molar-refractivity contribution in [3.63, 3.8) is 0 Å². The Kier molecular flexibility index (Phi) is 6.01. The highest BCUT2D eigenvalue weighted by Crippen LogP contribution is 2.27. The predicted octanol–water partition coefficient (Wildman–Crippen LogP) is 2.60. The normalized spacial score (nSPS) is 10.2. The molecule has 24 heavy (non-hydrogen) atoms. The van der Waals surface area contributed by atoms with Crippen LogP contribution in [0.5, 0.6) is 11.5 Å². The zero-order chi connectivity index (χ0) is 17.5. The van der Waals surface area contributed by atoms with Crippen LogP contribution in [0.4, 0.5) is 10.1 Å². The minimum atomic E-state index is -0.301. The summed E-state index contributed by atoms with van der Waals surface area (Å²) >= 11 is 0. The number of methoxy groups -OCH3 is 2. The second-order valence-electron chi connectivity index (χ2n) is 5.30. The summed E-state index contributed by atoms with van der Waals surface area (Å²) in [6.45, 7) is 0.565. The second kappa shape index (κ2) is 8.19. The summed E-state index contributed by atoms with van der Waals surface area (Å²) in [5.74, 6) is 0.831. The molecular formula is C18H21FN2O3. The lowest BCUT2D eigenvalue weighted by molar-refractivity contribution is -0.119. The van der Waals surface area contributed by atoms with Crippen molar-refractivity contribution in [1.82, 2.24) is 5.32 Å². The maximum absolute atomic E-state index is 12.9. The van der Waals surface area contributed by atoms with Gasteiger partial charge in [-0.25, -0.2) is 4.39 Å². The third-order valence-electron chi connectivity index (χ3n) is 3.59. The molecule has 0 aliphatic carbocycles. The number of ether oxygens (including phenoxy) is 2. The van der Waals surface area contributed by atoms with E-state index in [1.807, 2.05) is 12.1 Å². The predicted molar refractivity (Wildman–Crippen MR) is 91.1 cm³/mol. The Morgan fingerprint density at radius 2 is 1.75 bits per heavy atom. The van der Waals surface area contributed by atoms with E-state index in [1.54, 1.807) is 44.4 Å². The molecule has 2 aromatic carbocycles. The van der Waals surface area contributed by atoms with Crippen LogP contribution in [0.3, 0.4) is 0 Å². The average molecular weight is 332 g/mol. The third-order valence-corrected chi connectivity index (χ3v) is 3.59. The van der Waals surface area contributed by atoms with Gasteiger partial charge in [0.05, 0.1) is 20.8 Å². The summed E-state index contributed by atoms with van der Waals surface area (Å²) in [5, 5.41) is 2.85. The zero-order valence-electron chi connectivity index (χ0n) is 14.0. The SMILES string of the molecule is COc1ccc(CNC(=O)CN(C)c2ccc(F)cc2)cc1OC. The van der Waals surface area contributed by atoms with Gasteiger partial charge in [-0.05, 0) is 42.0 Å². The molecule has 0 radical (unpaired) electrons. The molecule has 0 atom stereocenters. The van der Waals surface area contributed by atoms with Gasteiger partial charge in [-0.15, -0.1) is 0 Å². The maximum atomic E-state index is 12.9. The molecule has 0 saturated heterocycles. The molecule has 6 heteroatoms. The van der Waals surface area contributed by atoms with Gasteiger partial charge in [0.1, 0.15) is 5.82 Å². The minimum Gasteiger partial charge on any atom is -0.493 e. The van der Waals surface area contributed by atoms with Crippen LogP contribution in [0.25, 0.3) is 0 Å². The fourth-order valence-corrected chi connectivity index (χ4v) is 2.25. The summed E-state index contributed by atoms with van der Waals surface area (Å²) in [6.07, 6.45) is 0. The number of anilines is 1. The lowest BCUT2D eigenvalue weighted by atomic mass is 10.2. The largest absolute Gasteiger partial charge is 0.493 e. The smallest absolute Gasteiger partial charge is 0.239 e. The van der Waals surface area contributed by atoms with Crippen LogP contribution >= 0.6 is 0 Å². The Morgan fingerprint density at radius 1 is 1.08 bits per heavy atom. The van der Waals surface area contributed by atoms with Gasteiger partial charge < -0.3 is 19.7 Å². The van der Waals surface area contributed by atoms with Crippen molar-refractivity contribution in [1.29, 1.82) is 0 Å². The van der Waals surface area contributed by atoms with Crippen LogP contribution in [0.2, 0.25) is 0 Å². The summed E-state index contributed by atoms with van der Waals surface area (Å²) in [6, 6.07) is 11.5. The van der Waals surface area contributed by atoms with Gasteiger partial charge in [0.25, 0.3) is 0 Å². The molecule has 5 nitrogen and oxygen atoms in total. The van der Waals surface area contributed by atoms with Crippen molar-refractivity contribution in [2.45, 2.75) is 6.54 Å². The Labute approximate surface area is 141 Å². The highest BCUT2D eigenvalue weighted by Gasteiger charge is 2.09. The van der Waals surface area contributed by atoms with Crippen molar-refractivity contribution in [2.75, 3.05) is 32.7 Å². The maximum Gasteiger partial charge on any atom is 0.239 e. The number of nitrogens with one attached hydrogen (secondary N) is 1. The topological polar surface area (TPSA) is 50.8 Å². The number of hydrogen-bond donors (Lipinski definition) is 1. The first-order chi connectivity index (χ1) is 11.5. The standard InChI is InChI=1S/C18H21FN2O3/c1-21(15-7-5-14(19)6-8-15)12-18(22)20-11-13-4-9-16(23-2)17(10-13)24-3/h4-10H,11-12H2,1-3H3,(H,20,22). The molecule has 2 aromatic rings. The number of carbonyl (C=O) groups is 1. The van der Waals surface area contributed by atoms with Gasteiger partial charge in [-0.3, -0.25) is 4.79 Å². The number of rotatable bonds is 7.